The number of carbonyl (C=O) groups is 1. The molecule has 0 bridgehead atoms. The normalized spacial score (nSPS) is 12.7. The quantitative estimate of drug-likeness (QED) is 0.470. The van der Waals surface area contributed by atoms with Crippen molar-refractivity contribution < 1.29 is 14.3 Å². The standard InChI is InChI=1S/C12H11Cl3O3/c1-8(2)10(16)17-11(13)12(14,15)18-9-6-4-3-5-7-9/h3-7,11H,1H2,2H3. The van der Waals surface area contributed by atoms with Gasteiger partial charge in [0.1, 0.15) is 5.75 Å². The smallest absolute Gasteiger partial charge is 0.334 e. The van der Waals surface area contributed by atoms with Crippen LogP contribution in [0.3, 0.4) is 0 Å². The molecule has 0 aliphatic rings. The first-order chi connectivity index (χ1) is 8.33. The SMILES string of the molecule is C=C(C)C(=O)OC(Cl)C(Cl)(Cl)Oc1ccccc1. The Balaban J connectivity index is 2.68. The van der Waals surface area contributed by atoms with E-state index in [9.17, 15) is 4.79 Å². The molecule has 0 aliphatic carbocycles. The number of ether oxygens (including phenoxy) is 2. The fourth-order valence-corrected chi connectivity index (χ4v) is 1.35. The van der Waals surface area contributed by atoms with Gasteiger partial charge in [0.05, 0.1) is 0 Å². The first-order valence-electron chi connectivity index (χ1n) is 4.95. The van der Waals surface area contributed by atoms with Gasteiger partial charge in [-0.25, -0.2) is 4.79 Å². The van der Waals surface area contributed by atoms with E-state index in [1.165, 1.54) is 6.92 Å². The highest BCUT2D eigenvalue weighted by atomic mass is 35.5. The summed E-state index contributed by atoms with van der Waals surface area (Å²) in [5.74, 6) is -0.295. The number of carbonyl (C=O) groups excluding carboxylic acids is 1. The van der Waals surface area contributed by atoms with Gasteiger partial charge in [-0.15, -0.1) is 0 Å². The molecule has 1 rings (SSSR count). The largest absolute Gasteiger partial charge is 0.453 e. The van der Waals surface area contributed by atoms with E-state index < -0.39 is 16.1 Å². The molecule has 0 N–H and O–H groups in total. The first-order valence-corrected chi connectivity index (χ1v) is 6.14. The second-order valence-corrected chi connectivity index (χ2v) is 5.19. The van der Waals surface area contributed by atoms with E-state index in [0.717, 1.165) is 0 Å². The van der Waals surface area contributed by atoms with Crippen LogP contribution < -0.4 is 4.74 Å². The molecule has 6 heteroatoms. The van der Waals surface area contributed by atoms with Crippen LogP contribution >= 0.6 is 34.8 Å². The summed E-state index contributed by atoms with van der Waals surface area (Å²) >= 11 is 17.5. The van der Waals surface area contributed by atoms with Crippen molar-refractivity contribution in [1.29, 1.82) is 0 Å². The molecule has 0 radical (unpaired) electrons. The maximum absolute atomic E-state index is 11.3. The summed E-state index contributed by atoms with van der Waals surface area (Å²) in [6, 6.07) is 8.56. The maximum Gasteiger partial charge on any atom is 0.334 e. The molecule has 1 aromatic carbocycles. The Morgan fingerprint density at radius 3 is 2.39 bits per heavy atom. The number of esters is 1. The summed E-state index contributed by atoms with van der Waals surface area (Å²) in [7, 11) is 0. The van der Waals surface area contributed by atoms with Gasteiger partial charge in [0.25, 0.3) is 0 Å². The van der Waals surface area contributed by atoms with Crippen molar-refractivity contribution in [3.63, 3.8) is 0 Å². The van der Waals surface area contributed by atoms with Crippen molar-refractivity contribution in [2.24, 2.45) is 0 Å². The molecule has 0 aromatic heterocycles. The predicted octanol–water partition coefficient (Wildman–Crippen LogP) is 3.88. The number of para-hydroxylation sites is 1. The lowest BCUT2D eigenvalue weighted by molar-refractivity contribution is -0.143. The summed E-state index contributed by atoms with van der Waals surface area (Å²) in [6.07, 6.45) is 0. The average molecular weight is 310 g/mol. The van der Waals surface area contributed by atoms with Crippen molar-refractivity contribution in [3.05, 3.63) is 42.5 Å². The molecule has 1 atom stereocenters. The van der Waals surface area contributed by atoms with Crippen LogP contribution in [-0.4, -0.2) is 16.1 Å². The van der Waals surface area contributed by atoms with E-state index in [-0.39, 0.29) is 5.57 Å². The Hall–Kier alpha value is -0.900. The van der Waals surface area contributed by atoms with E-state index in [1.807, 2.05) is 0 Å². The first kappa shape index (κ1) is 15.2. The van der Waals surface area contributed by atoms with Crippen LogP contribution in [0.15, 0.2) is 42.5 Å². The van der Waals surface area contributed by atoms with Crippen molar-refractivity contribution in [1.82, 2.24) is 0 Å². The van der Waals surface area contributed by atoms with E-state index in [0.29, 0.717) is 5.75 Å². The monoisotopic (exact) mass is 308 g/mol. The Kier molecular flexibility index (Phi) is 5.32. The Labute approximate surface area is 120 Å². The number of alkyl halides is 3. The van der Waals surface area contributed by atoms with Crippen LogP contribution in [0.25, 0.3) is 0 Å². The molecule has 0 saturated carbocycles. The van der Waals surface area contributed by atoms with Gasteiger partial charge in [0.2, 0.25) is 5.56 Å². The van der Waals surface area contributed by atoms with E-state index >= 15 is 0 Å². The van der Waals surface area contributed by atoms with Crippen molar-refractivity contribution in [3.8, 4) is 5.75 Å². The molecule has 0 fully saturated rings. The van der Waals surface area contributed by atoms with E-state index in [4.69, 9.17) is 44.3 Å². The van der Waals surface area contributed by atoms with Crippen LogP contribution in [0.2, 0.25) is 0 Å². The molecule has 1 unspecified atom stereocenters. The molecule has 98 valence electrons. The topological polar surface area (TPSA) is 35.5 Å². The third-order valence-electron chi connectivity index (χ3n) is 1.82. The molecule has 0 spiro atoms. The number of halogens is 3. The van der Waals surface area contributed by atoms with Gasteiger partial charge in [-0.3, -0.25) is 0 Å². The predicted molar refractivity (Wildman–Crippen MR) is 72.1 cm³/mol. The molecule has 1 aromatic rings. The highest BCUT2D eigenvalue weighted by molar-refractivity contribution is 6.51. The van der Waals surface area contributed by atoms with Crippen molar-refractivity contribution >= 4 is 40.8 Å². The zero-order valence-electron chi connectivity index (χ0n) is 9.53. The number of hydrogen-bond donors (Lipinski definition) is 0. The highest BCUT2D eigenvalue weighted by Gasteiger charge is 2.39. The highest BCUT2D eigenvalue weighted by Crippen LogP contribution is 2.33. The number of hydrogen-bond acceptors (Lipinski definition) is 3. The minimum atomic E-state index is -1.89. The van der Waals surface area contributed by atoms with Crippen LogP contribution in [-0.2, 0) is 9.53 Å². The maximum atomic E-state index is 11.3. The molecule has 0 amide bonds. The summed E-state index contributed by atoms with van der Waals surface area (Å²) in [5.41, 5.74) is -1.19. The summed E-state index contributed by atoms with van der Waals surface area (Å²) < 4.78 is 8.13. The van der Waals surface area contributed by atoms with Crippen LogP contribution in [0, 0.1) is 0 Å². The zero-order valence-corrected chi connectivity index (χ0v) is 11.8. The Morgan fingerprint density at radius 2 is 1.89 bits per heavy atom. The third kappa shape index (κ3) is 4.41. The van der Waals surface area contributed by atoms with Crippen LogP contribution in [0.1, 0.15) is 6.92 Å². The van der Waals surface area contributed by atoms with Crippen molar-refractivity contribution in [2.75, 3.05) is 0 Å². The van der Waals surface area contributed by atoms with Crippen LogP contribution in [0.4, 0.5) is 0 Å². The zero-order chi connectivity index (χ0) is 13.8. The lowest BCUT2D eigenvalue weighted by Gasteiger charge is -2.25. The molecule has 0 aliphatic heterocycles. The van der Waals surface area contributed by atoms with E-state index in [1.54, 1.807) is 30.3 Å². The van der Waals surface area contributed by atoms with Gasteiger partial charge in [-0.2, -0.15) is 0 Å². The minimum absolute atomic E-state index is 0.185. The third-order valence-corrected chi connectivity index (χ3v) is 2.99. The second-order valence-electron chi connectivity index (χ2n) is 3.48. The van der Waals surface area contributed by atoms with Crippen LogP contribution in [0.5, 0.6) is 5.75 Å². The summed E-state index contributed by atoms with van der Waals surface area (Å²) in [4.78, 5) is 11.3. The molecule has 18 heavy (non-hydrogen) atoms. The lowest BCUT2D eigenvalue weighted by atomic mass is 10.3. The summed E-state index contributed by atoms with van der Waals surface area (Å²) in [5, 5.41) is 0. The fraction of sp³-hybridized carbons (Fsp3) is 0.250. The van der Waals surface area contributed by atoms with E-state index in [2.05, 4.69) is 6.58 Å². The minimum Gasteiger partial charge on any atom is -0.453 e. The fourth-order valence-electron chi connectivity index (χ4n) is 0.955. The number of rotatable bonds is 5. The van der Waals surface area contributed by atoms with Gasteiger partial charge in [-0.1, -0.05) is 59.6 Å². The molecule has 0 saturated heterocycles. The van der Waals surface area contributed by atoms with Gasteiger partial charge in [0.15, 0.2) is 0 Å². The van der Waals surface area contributed by atoms with Gasteiger partial charge in [0, 0.05) is 5.57 Å². The number of benzene rings is 1. The second kappa shape index (κ2) is 6.32. The summed E-state index contributed by atoms with van der Waals surface area (Å²) in [6.45, 7) is 4.89. The Morgan fingerprint density at radius 1 is 1.33 bits per heavy atom. The van der Waals surface area contributed by atoms with Gasteiger partial charge >= 0.3 is 10.5 Å². The van der Waals surface area contributed by atoms with Gasteiger partial charge in [-0.05, 0) is 19.1 Å². The molecular weight excluding hydrogens is 298 g/mol. The molecule has 0 heterocycles. The lowest BCUT2D eigenvalue weighted by Crippen LogP contribution is -2.36. The average Bonchev–Trinajstić information content (AvgIpc) is 2.29. The molecule has 3 nitrogen and oxygen atoms in total. The van der Waals surface area contributed by atoms with Crippen molar-refractivity contribution in [2.45, 2.75) is 17.0 Å². The molecular formula is C12H11Cl3O3. The van der Waals surface area contributed by atoms with Gasteiger partial charge < -0.3 is 9.47 Å². The Bertz CT molecular complexity index is 431.